The summed E-state index contributed by atoms with van der Waals surface area (Å²) in [7, 11) is 0. The first kappa shape index (κ1) is 19.7. The maximum absolute atomic E-state index is 13.4. The van der Waals surface area contributed by atoms with Crippen LogP contribution in [0.1, 0.15) is 27.7 Å². The Morgan fingerprint density at radius 3 is 2.00 bits per heavy atom. The Hall–Kier alpha value is -3.02. The summed E-state index contributed by atoms with van der Waals surface area (Å²) in [6, 6.07) is 14.0. The van der Waals surface area contributed by atoms with Crippen LogP contribution >= 0.6 is 0 Å². The van der Waals surface area contributed by atoms with Gasteiger partial charge in [0.2, 0.25) is 5.95 Å². The predicted octanol–water partition coefficient (Wildman–Crippen LogP) is 4.98. The van der Waals surface area contributed by atoms with Crippen molar-refractivity contribution in [1.82, 2.24) is 15.2 Å². The van der Waals surface area contributed by atoms with Gasteiger partial charge < -0.3 is 9.64 Å². The molecule has 5 nitrogen and oxygen atoms in total. The summed E-state index contributed by atoms with van der Waals surface area (Å²) >= 11 is 0. The molecule has 2 aromatic carbocycles. The highest BCUT2D eigenvalue weighted by Crippen LogP contribution is 2.31. The lowest BCUT2D eigenvalue weighted by Crippen LogP contribution is -2.25. The van der Waals surface area contributed by atoms with Crippen LogP contribution in [-0.2, 0) is 0 Å². The molecule has 0 saturated heterocycles. The maximum atomic E-state index is 13.4. The highest BCUT2D eigenvalue weighted by molar-refractivity contribution is 5.78. The summed E-state index contributed by atoms with van der Waals surface area (Å²) in [5, 5.41) is 8.80. The Bertz CT molecular complexity index is 907. The smallest absolute Gasteiger partial charge is 0.245 e. The van der Waals surface area contributed by atoms with E-state index in [9.17, 15) is 4.39 Å². The maximum Gasteiger partial charge on any atom is 0.245 e. The zero-order valence-electron chi connectivity index (χ0n) is 16.7. The Labute approximate surface area is 165 Å². The Morgan fingerprint density at radius 2 is 1.43 bits per heavy atom. The lowest BCUT2D eigenvalue weighted by atomic mass is 10.0. The van der Waals surface area contributed by atoms with Gasteiger partial charge in [0.25, 0.3) is 0 Å². The topological polar surface area (TPSA) is 51.1 Å². The van der Waals surface area contributed by atoms with Crippen molar-refractivity contribution in [3.63, 3.8) is 0 Å². The van der Waals surface area contributed by atoms with E-state index in [1.807, 2.05) is 56.9 Å². The number of anilines is 1. The summed E-state index contributed by atoms with van der Waals surface area (Å²) < 4.78 is 19.1. The Morgan fingerprint density at radius 1 is 0.857 bits per heavy atom. The first-order valence-electron chi connectivity index (χ1n) is 9.54. The molecule has 0 amide bonds. The molecule has 0 saturated carbocycles. The number of hydrogen-bond donors (Lipinski definition) is 0. The second-order valence-corrected chi connectivity index (χ2v) is 6.68. The van der Waals surface area contributed by atoms with E-state index in [2.05, 4.69) is 10.2 Å². The van der Waals surface area contributed by atoms with Crippen molar-refractivity contribution in [3.05, 3.63) is 54.3 Å². The van der Waals surface area contributed by atoms with Crippen LogP contribution < -0.4 is 9.64 Å². The fourth-order valence-corrected chi connectivity index (χ4v) is 2.92. The van der Waals surface area contributed by atoms with Gasteiger partial charge in [-0.05, 0) is 76.2 Å². The fourth-order valence-electron chi connectivity index (χ4n) is 2.92. The van der Waals surface area contributed by atoms with E-state index in [1.54, 1.807) is 12.1 Å². The van der Waals surface area contributed by atoms with Crippen LogP contribution in [0.2, 0.25) is 0 Å². The number of hydrogen-bond acceptors (Lipinski definition) is 5. The van der Waals surface area contributed by atoms with Crippen LogP contribution in [0.3, 0.4) is 0 Å². The summed E-state index contributed by atoms with van der Waals surface area (Å²) in [6.07, 6.45) is 0.107. The molecule has 0 spiro atoms. The van der Waals surface area contributed by atoms with Gasteiger partial charge in [-0.2, -0.15) is 0 Å². The van der Waals surface area contributed by atoms with Crippen molar-refractivity contribution in [2.24, 2.45) is 0 Å². The third-order valence-electron chi connectivity index (χ3n) is 4.34. The molecular weight excluding hydrogens is 355 g/mol. The normalized spacial score (nSPS) is 10.9. The van der Waals surface area contributed by atoms with Crippen LogP contribution in [0, 0.1) is 5.82 Å². The third-order valence-corrected chi connectivity index (χ3v) is 4.34. The molecule has 0 unspecified atom stereocenters. The highest BCUT2D eigenvalue weighted by atomic mass is 19.1. The molecule has 6 heteroatoms. The minimum Gasteiger partial charge on any atom is -0.491 e. The van der Waals surface area contributed by atoms with Gasteiger partial charge in [0.1, 0.15) is 23.0 Å². The summed E-state index contributed by atoms with van der Waals surface area (Å²) in [4.78, 5) is 6.79. The molecule has 0 aliphatic rings. The van der Waals surface area contributed by atoms with Gasteiger partial charge in [0.05, 0.1) is 6.10 Å². The van der Waals surface area contributed by atoms with Crippen LogP contribution in [0.5, 0.6) is 5.75 Å². The number of rotatable bonds is 7. The van der Waals surface area contributed by atoms with E-state index < -0.39 is 0 Å². The fraction of sp³-hybridized carbons (Fsp3) is 0.318. The van der Waals surface area contributed by atoms with E-state index >= 15 is 0 Å². The van der Waals surface area contributed by atoms with E-state index in [4.69, 9.17) is 9.72 Å². The largest absolute Gasteiger partial charge is 0.491 e. The summed E-state index contributed by atoms with van der Waals surface area (Å²) in [6.45, 7) is 9.63. The molecule has 146 valence electrons. The number of nitrogens with zero attached hydrogens (tertiary/aromatic N) is 4. The average Bonchev–Trinajstić information content (AvgIpc) is 2.70. The summed E-state index contributed by atoms with van der Waals surface area (Å²) in [5.41, 5.74) is 3.00. The van der Waals surface area contributed by atoms with Crippen molar-refractivity contribution < 1.29 is 9.13 Å². The van der Waals surface area contributed by atoms with Gasteiger partial charge >= 0.3 is 0 Å². The molecule has 0 atom stereocenters. The molecule has 3 rings (SSSR count). The molecule has 1 aromatic heterocycles. The Balaban J connectivity index is 2.07. The predicted molar refractivity (Wildman–Crippen MR) is 110 cm³/mol. The number of ether oxygens (including phenoxy) is 1. The van der Waals surface area contributed by atoms with Gasteiger partial charge in [-0.25, -0.2) is 9.37 Å². The van der Waals surface area contributed by atoms with Gasteiger partial charge in [-0.1, -0.05) is 0 Å². The van der Waals surface area contributed by atoms with E-state index in [-0.39, 0.29) is 11.9 Å². The van der Waals surface area contributed by atoms with Gasteiger partial charge in [0.15, 0.2) is 0 Å². The molecular formula is C22H25FN4O. The molecule has 1 heterocycles. The van der Waals surface area contributed by atoms with Gasteiger partial charge in [-0.15, -0.1) is 10.2 Å². The second kappa shape index (κ2) is 8.78. The van der Waals surface area contributed by atoms with Gasteiger partial charge in [-0.3, -0.25) is 0 Å². The van der Waals surface area contributed by atoms with Crippen LogP contribution in [0.4, 0.5) is 10.3 Å². The van der Waals surface area contributed by atoms with Crippen LogP contribution in [0.25, 0.3) is 22.5 Å². The van der Waals surface area contributed by atoms with Crippen LogP contribution in [0.15, 0.2) is 48.5 Å². The molecule has 0 aliphatic carbocycles. The average molecular weight is 380 g/mol. The zero-order chi connectivity index (χ0) is 20.1. The molecule has 0 bridgehead atoms. The second-order valence-electron chi connectivity index (χ2n) is 6.68. The minimum absolute atomic E-state index is 0.107. The lowest BCUT2D eigenvalue weighted by molar-refractivity contribution is 0.242. The van der Waals surface area contributed by atoms with Crippen molar-refractivity contribution in [3.8, 4) is 28.3 Å². The molecule has 28 heavy (non-hydrogen) atoms. The van der Waals surface area contributed by atoms with Crippen molar-refractivity contribution in [1.29, 1.82) is 0 Å². The third kappa shape index (κ3) is 4.44. The van der Waals surface area contributed by atoms with E-state index in [1.165, 1.54) is 12.1 Å². The number of halogens is 1. The molecule has 0 fully saturated rings. The number of benzene rings is 2. The minimum atomic E-state index is -0.286. The molecule has 0 radical (unpaired) electrons. The molecule has 0 aliphatic heterocycles. The van der Waals surface area contributed by atoms with Crippen LogP contribution in [-0.4, -0.2) is 34.4 Å². The Kier molecular flexibility index (Phi) is 6.19. The molecule has 3 aromatic rings. The SMILES string of the molecule is CCN(CC)c1nnc(-c2ccc(OC(C)C)cc2)c(-c2ccc(F)cc2)n1. The van der Waals surface area contributed by atoms with Crippen molar-refractivity contribution >= 4 is 5.95 Å². The standard InChI is InChI=1S/C22H25FN4O/c1-5-27(6-2)22-24-20(16-7-11-18(23)12-8-16)21(25-26-22)17-9-13-19(14-10-17)28-15(3)4/h7-15H,5-6H2,1-4H3. The first-order chi connectivity index (χ1) is 13.5. The monoisotopic (exact) mass is 380 g/mol. The van der Waals surface area contributed by atoms with E-state index in [0.717, 1.165) is 30.0 Å². The first-order valence-corrected chi connectivity index (χ1v) is 9.54. The van der Waals surface area contributed by atoms with Crippen molar-refractivity contribution in [2.75, 3.05) is 18.0 Å². The lowest BCUT2D eigenvalue weighted by Gasteiger charge is -2.19. The summed E-state index contributed by atoms with van der Waals surface area (Å²) in [5.74, 6) is 1.07. The van der Waals surface area contributed by atoms with E-state index in [0.29, 0.717) is 17.3 Å². The molecule has 0 N–H and O–H groups in total. The van der Waals surface area contributed by atoms with Crippen molar-refractivity contribution in [2.45, 2.75) is 33.8 Å². The highest BCUT2D eigenvalue weighted by Gasteiger charge is 2.16. The zero-order valence-corrected chi connectivity index (χ0v) is 16.7. The van der Waals surface area contributed by atoms with Gasteiger partial charge in [0, 0.05) is 24.2 Å². The quantitative estimate of drug-likeness (QED) is 0.579. The number of aromatic nitrogens is 3.